The van der Waals surface area contributed by atoms with Gasteiger partial charge in [-0.3, -0.25) is 0 Å². The smallest absolute Gasteiger partial charge is 0.249 e. The number of benzene rings is 1. The first-order valence-electron chi connectivity index (χ1n) is 8.86. The second-order valence-corrected chi connectivity index (χ2v) is 9.16. The lowest BCUT2D eigenvalue weighted by Gasteiger charge is -2.13. The van der Waals surface area contributed by atoms with Crippen LogP contribution in [-0.4, -0.2) is 55.8 Å². The van der Waals surface area contributed by atoms with Crippen molar-refractivity contribution in [3.05, 3.63) is 28.9 Å². The minimum atomic E-state index is -3.78. The number of nitrogens with zero attached hydrogens (tertiary/aromatic N) is 4. The minimum Gasteiger partial charge on any atom is -0.493 e. The zero-order chi connectivity index (χ0) is 22.8. The SMILES string of the molecule is COc1cc(Cl)c(-c2nc(S(C)(=O)=O)nc3c2c(C#N)cn3COCCS)cc1OC. The molecule has 0 saturated carbocycles. The molecule has 2 aromatic heterocycles. The summed E-state index contributed by atoms with van der Waals surface area (Å²) < 4.78 is 42.3. The van der Waals surface area contributed by atoms with Gasteiger partial charge in [-0.05, 0) is 6.07 Å². The molecule has 0 atom stereocenters. The maximum Gasteiger partial charge on any atom is 0.249 e. The van der Waals surface area contributed by atoms with Crippen LogP contribution in [0.15, 0.2) is 23.5 Å². The number of methoxy groups -OCH3 is 2. The van der Waals surface area contributed by atoms with E-state index in [1.165, 1.54) is 26.5 Å². The van der Waals surface area contributed by atoms with Crippen molar-refractivity contribution in [3.8, 4) is 28.8 Å². The van der Waals surface area contributed by atoms with Crippen LogP contribution in [0.4, 0.5) is 0 Å². The molecule has 0 spiro atoms. The molecule has 0 aliphatic heterocycles. The Morgan fingerprint density at radius 2 is 1.90 bits per heavy atom. The third kappa shape index (κ3) is 4.57. The molecule has 0 fully saturated rings. The highest BCUT2D eigenvalue weighted by Crippen LogP contribution is 2.41. The normalized spacial score (nSPS) is 11.5. The number of thiol groups is 1. The molecular formula is C19H19ClN4O5S2. The van der Waals surface area contributed by atoms with Crippen LogP contribution < -0.4 is 9.47 Å². The van der Waals surface area contributed by atoms with Gasteiger partial charge in [0, 0.05) is 29.8 Å². The number of hydrogen-bond acceptors (Lipinski definition) is 9. The highest BCUT2D eigenvalue weighted by Gasteiger charge is 2.24. The summed E-state index contributed by atoms with van der Waals surface area (Å²) in [7, 11) is -0.845. The lowest BCUT2D eigenvalue weighted by atomic mass is 10.1. The summed E-state index contributed by atoms with van der Waals surface area (Å²) in [5.74, 6) is 1.26. The standard InChI is InChI=1S/C19H19ClN4O5S2/c1-27-14-6-12(13(20)7-15(14)28-2)17-16-11(8-21)9-24(10-29-4-5-30)18(16)23-19(22-17)31(3,25)26/h6-7,9,30H,4-5,10H2,1-3H3. The van der Waals surface area contributed by atoms with Crippen molar-refractivity contribution < 1.29 is 22.6 Å². The van der Waals surface area contributed by atoms with Gasteiger partial charge in [-0.25, -0.2) is 13.4 Å². The lowest BCUT2D eigenvalue weighted by Crippen LogP contribution is -2.09. The number of rotatable bonds is 8. The molecule has 164 valence electrons. The molecule has 0 N–H and O–H groups in total. The van der Waals surface area contributed by atoms with Gasteiger partial charge in [0.25, 0.3) is 0 Å². The van der Waals surface area contributed by atoms with Gasteiger partial charge in [-0.1, -0.05) is 11.6 Å². The van der Waals surface area contributed by atoms with E-state index in [2.05, 4.69) is 28.7 Å². The van der Waals surface area contributed by atoms with Crippen LogP contribution in [0.1, 0.15) is 5.56 Å². The van der Waals surface area contributed by atoms with E-state index in [-0.39, 0.29) is 28.7 Å². The van der Waals surface area contributed by atoms with Gasteiger partial charge < -0.3 is 18.8 Å². The van der Waals surface area contributed by atoms with Gasteiger partial charge in [0.1, 0.15) is 18.4 Å². The van der Waals surface area contributed by atoms with Gasteiger partial charge in [-0.15, -0.1) is 0 Å². The van der Waals surface area contributed by atoms with Crippen molar-refractivity contribution in [1.82, 2.24) is 14.5 Å². The van der Waals surface area contributed by atoms with Crippen LogP contribution in [0.25, 0.3) is 22.3 Å². The summed E-state index contributed by atoms with van der Waals surface area (Å²) in [5, 5.41) is 9.88. The first-order valence-corrected chi connectivity index (χ1v) is 11.8. The average Bonchev–Trinajstić information content (AvgIpc) is 3.10. The van der Waals surface area contributed by atoms with Gasteiger partial charge in [0.15, 0.2) is 11.5 Å². The molecule has 2 heterocycles. The van der Waals surface area contributed by atoms with Gasteiger partial charge >= 0.3 is 0 Å². The monoisotopic (exact) mass is 482 g/mol. The number of aromatic nitrogens is 3. The Morgan fingerprint density at radius 1 is 1.23 bits per heavy atom. The van der Waals surface area contributed by atoms with Gasteiger partial charge in [-0.2, -0.15) is 22.9 Å². The Hall–Kier alpha value is -2.52. The number of halogens is 1. The first-order chi connectivity index (χ1) is 14.7. The number of ether oxygens (including phenoxy) is 3. The molecule has 3 aromatic rings. The van der Waals surface area contributed by atoms with Gasteiger partial charge in [0.2, 0.25) is 15.0 Å². The molecule has 0 unspecified atom stereocenters. The summed E-state index contributed by atoms with van der Waals surface area (Å²) in [6.45, 7) is 0.418. The van der Waals surface area contributed by atoms with Crippen molar-refractivity contribution in [1.29, 1.82) is 5.26 Å². The molecule has 0 aliphatic carbocycles. The third-order valence-corrected chi connectivity index (χ3v) is 5.68. The number of fused-ring (bicyclic) bond motifs is 1. The quantitative estimate of drug-likeness (QED) is 0.296. The van der Waals surface area contributed by atoms with Crippen LogP contribution in [0.2, 0.25) is 5.02 Å². The number of sulfone groups is 1. The average molecular weight is 483 g/mol. The van der Waals surface area contributed by atoms with Crippen LogP contribution in [0, 0.1) is 11.3 Å². The minimum absolute atomic E-state index is 0.0536. The second kappa shape index (κ2) is 9.32. The molecule has 31 heavy (non-hydrogen) atoms. The van der Waals surface area contributed by atoms with Crippen molar-refractivity contribution in [3.63, 3.8) is 0 Å². The van der Waals surface area contributed by atoms with E-state index in [1.807, 2.05) is 0 Å². The molecule has 1 aromatic carbocycles. The summed E-state index contributed by atoms with van der Waals surface area (Å²) in [6, 6.07) is 5.20. The Kier molecular flexibility index (Phi) is 6.96. The Bertz CT molecular complexity index is 1280. The molecule has 0 radical (unpaired) electrons. The zero-order valence-electron chi connectivity index (χ0n) is 16.9. The molecule has 0 amide bonds. The number of nitriles is 1. The molecule has 12 heteroatoms. The maximum absolute atomic E-state index is 12.3. The van der Waals surface area contributed by atoms with Crippen molar-refractivity contribution in [2.75, 3.05) is 32.8 Å². The van der Waals surface area contributed by atoms with E-state index in [0.29, 0.717) is 34.8 Å². The summed E-state index contributed by atoms with van der Waals surface area (Å²) in [5.41, 5.74) is 1.01. The lowest BCUT2D eigenvalue weighted by molar-refractivity contribution is 0.0927. The van der Waals surface area contributed by atoms with Crippen molar-refractivity contribution in [2.24, 2.45) is 0 Å². The van der Waals surface area contributed by atoms with Crippen molar-refractivity contribution >= 4 is 45.1 Å². The predicted octanol–water partition coefficient (Wildman–Crippen LogP) is 2.95. The Labute approximate surface area is 189 Å². The third-order valence-electron chi connectivity index (χ3n) is 4.34. The van der Waals surface area contributed by atoms with Crippen LogP contribution in [0.3, 0.4) is 0 Å². The van der Waals surface area contributed by atoms with Crippen molar-refractivity contribution in [2.45, 2.75) is 11.9 Å². The van der Waals surface area contributed by atoms with E-state index >= 15 is 0 Å². The Balaban J connectivity index is 2.39. The van der Waals surface area contributed by atoms with Crippen LogP contribution in [0.5, 0.6) is 11.5 Å². The Morgan fingerprint density at radius 3 is 2.48 bits per heavy atom. The summed E-state index contributed by atoms with van der Waals surface area (Å²) in [6.07, 6.45) is 2.53. The fourth-order valence-corrected chi connectivity index (χ4v) is 3.85. The van der Waals surface area contributed by atoms with E-state index < -0.39 is 15.0 Å². The highest BCUT2D eigenvalue weighted by atomic mass is 35.5. The second-order valence-electron chi connectivity index (χ2n) is 6.40. The largest absolute Gasteiger partial charge is 0.493 e. The van der Waals surface area contributed by atoms with E-state index in [1.54, 1.807) is 10.6 Å². The molecular weight excluding hydrogens is 464 g/mol. The van der Waals surface area contributed by atoms with Crippen LogP contribution in [-0.2, 0) is 21.3 Å². The summed E-state index contributed by atoms with van der Waals surface area (Å²) >= 11 is 10.6. The fraction of sp³-hybridized carbons (Fsp3) is 0.316. The molecule has 0 saturated heterocycles. The highest BCUT2D eigenvalue weighted by molar-refractivity contribution is 7.90. The summed E-state index contributed by atoms with van der Waals surface area (Å²) in [4.78, 5) is 8.46. The van der Waals surface area contributed by atoms with Crippen LogP contribution >= 0.6 is 24.2 Å². The van der Waals surface area contributed by atoms with E-state index in [4.69, 9.17) is 25.8 Å². The molecule has 0 bridgehead atoms. The maximum atomic E-state index is 12.3. The molecule has 3 rings (SSSR count). The first kappa shape index (κ1) is 23.1. The van der Waals surface area contributed by atoms with Gasteiger partial charge in [0.05, 0.1) is 42.5 Å². The van der Waals surface area contributed by atoms with E-state index in [9.17, 15) is 13.7 Å². The molecule has 9 nitrogen and oxygen atoms in total. The van der Waals surface area contributed by atoms with E-state index in [0.717, 1.165) is 6.26 Å². The topological polar surface area (TPSA) is 116 Å². The zero-order valence-corrected chi connectivity index (χ0v) is 19.4. The fourth-order valence-electron chi connectivity index (χ4n) is 2.97. The molecule has 0 aliphatic rings. The number of hydrogen-bond donors (Lipinski definition) is 1. The predicted molar refractivity (Wildman–Crippen MR) is 119 cm³/mol.